The first-order valence-corrected chi connectivity index (χ1v) is 5.00. The Morgan fingerprint density at radius 3 is 2.47 bits per heavy atom. The van der Waals surface area contributed by atoms with E-state index in [1.165, 1.54) is 7.11 Å². The fourth-order valence-corrected chi connectivity index (χ4v) is 1.17. The topological polar surface area (TPSA) is 61.8 Å². The number of carboxylic acids is 1. The minimum Gasteiger partial charge on any atom is -0.480 e. The van der Waals surface area contributed by atoms with E-state index in [4.69, 9.17) is 9.84 Å². The number of nitrogens with zero attached hydrogens (tertiary/aromatic N) is 1. The summed E-state index contributed by atoms with van der Waals surface area (Å²) in [5.74, 6) is -0.893. The first-order valence-electron chi connectivity index (χ1n) is 5.00. The van der Waals surface area contributed by atoms with Crippen LogP contribution in [0.25, 0.3) is 0 Å². The highest BCUT2D eigenvalue weighted by Gasteiger charge is 2.38. The van der Waals surface area contributed by atoms with Gasteiger partial charge in [-0.2, -0.15) is 0 Å². The summed E-state index contributed by atoms with van der Waals surface area (Å²) in [6.07, 6.45) is -0.378. The maximum Gasteiger partial charge on any atom is 0.326 e. The second-order valence-corrected chi connectivity index (χ2v) is 4.12. The number of nitrogens with one attached hydrogen (secondary N) is 1. The lowest BCUT2D eigenvalue weighted by Crippen LogP contribution is -2.58. The molecular weight excluding hydrogens is 196 g/mol. The molecule has 0 bridgehead atoms. The first-order chi connectivity index (χ1) is 6.84. The molecule has 0 saturated carbocycles. The molecule has 0 aromatic rings. The van der Waals surface area contributed by atoms with Crippen molar-refractivity contribution in [2.45, 2.75) is 25.5 Å². The monoisotopic (exact) mass is 218 g/mol. The molecule has 0 saturated heterocycles. The Morgan fingerprint density at radius 1 is 1.60 bits per heavy atom. The number of hydrogen-bond acceptors (Lipinski definition) is 4. The zero-order chi connectivity index (χ0) is 12.1. The van der Waals surface area contributed by atoms with Gasteiger partial charge < -0.3 is 14.7 Å². The largest absolute Gasteiger partial charge is 0.480 e. The SMILES string of the molecule is COC(C)C(C)(NCCN(C)C)C(=O)O. The standard InChI is InChI=1S/C10H22N2O3/c1-8(15-5)10(2,9(13)14)11-6-7-12(3)4/h8,11H,6-7H2,1-5H3,(H,13,14). The summed E-state index contributed by atoms with van der Waals surface area (Å²) in [4.78, 5) is 13.1. The fourth-order valence-electron chi connectivity index (χ4n) is 1.17. The summed E-state index contributed by atoms with van der Waals surface area (Å²) in [7, 11) is 5.40. The minimum atomic E-state index is -1.04. The van der Waals surface area contributed by atoms with Crippen LogP contribution in [0.5, 0.6) is 0 Å². The van der Waals surface area contributed by atoms with E-state index in [9.17, 15) is 4.79 Å². The van der Waals surface area contributed by atoms with E-state index in [1.807, 2.05) is 19.0 Å². The van der Waals surface area contributed by atoms with Crippen molar-refractivity contribution in [3.8, 4) is 0 Å². The molecule has 0 aliphatic heterocycles. The van der Waals surface area contributed by atoms with Crippen LogP contribution in [0.4, 0.5) is 0 Å². The molecule has 0 heterocycles. The van der Waals surface area contributed by atoms with E-state index >= 15 is 0 Å². The highest BCUT2D eigenvalue weighted by atomic mass is 16.5. The maximum atomic E-state index is 11.1. The van der Waals surface area contributed by atoms with Gasteiger partial charge in [-0.15, -0.1) is 0 Å². The third-order valence-electron chi connectivity index (χ3n) is 2.66. The van der Waals surface area contributed by atoms with Crippen molar-refractivity contribution in [1.29, 1.82) is 0 Å². The molecule has 15 heavy (non-hydrogen) atoms. The number of aliphatic carboxylic acids is 1. The Hall–Kier alpha value is -0.650. The number of carbonyl (C=O) groups is 1. The second-order valence-electron chi connectivity index (χ2n) is 4.12. The van der Waals surface area contributed by atoms with Gasteiger partial charge in [-0.3, -0.25) is 10.1 Å². The van der Waals surface area contributed by atoms with Gasteiger partial charge in [0.25, 0.3) is 0 Å². The number of ether oxygens (including phenoxy) is 1. The molecule has 2 unspecified atom stereocenters. The molecule has 90 valence electrons. The molecule has 5 heteroatoms. The average Bonchev–Trinajstić information content (AvgIpc) is 2.15. The highest BCUT2D eigenvalue weighted by molar-refractivity contribution is 5.79. The van der Waals surface area contributed by atoms with Crippen LogP contribution in [0.2, 0.25) is 0 Å². The van der Waals surface area contributed by atoms with Gasteiger partial charge in [-0.1, -0.05) is 0 Å². The smallest absolute Gasteiger partial charge is 0.326 e. The summed E-state index contributed by atoms with van der Waals surface area (Å²) in [5, 5.41) is 12.2. The maximum absolute atomic E-state index is 11.1. The fraction of sp³-hybridized carbons (Fsp3) is 0.900. The normalized spacial score (nSPS) is 17.5. The van der Waals surface area contributed by atoms with Crippen molar-refractivity contribution in [3.05, 3.63) is 0 Å². The first kappa shape index (κ1) is 14.3. The number of carboxylic acid groups (broad SMARTS) is 1. The van der Waals surface area contributed by atoms with Crippen molar-refractivity contribution in [2.75, 3.05) is 34.3 Å². The van der Waals surface area contributed by atoms with Gasteiger partial charge in [0.1, 0.15) is 5.54 Å². The number of likely N-dealkylation sites (N-methyl/N-ethyl adjacent to an activating group) is 1. The highest BCUT2D eigenvalue weighted by Crippen LogP contribution is 2.12. The van der Waals surface area contributed by atoms with Crippen LogP contribution in [0.3, 0.4) is 0 Å². The number of rotatable bonds is 7. The van der Waals surface area contributed by atoms with E-state index < -0.39 is 11.5 Å². The molecule has 0 spiro atoms. The minimum absolute atomic E-state index is 0.378. The molecule has 0 aromatic carbocycles. The molecule has 0 aromatic heterocycles. The van der Waals surface area contributed by atoms with Crippen LogP contribution in [-0.4, -0.2) is 61.9 Å². The zero-order valence-corrected chi connectivity index (χ0v) is 10.2. The summed E-state index contributed by atoms with van der Waals surface area (Å²) in [5.41, 5.74) is -1.04. The van der Waals surface area contributed by atoms with E-state index in [1.54, 1.807) is 13.8 Å². The van der Waals surface area contributed by atoms with Gasteiger partial charge in [0.2, 0.25) is 0 Å². The van der Waals surface area contributed by atoms with Crippen LogP contribution in [-0.2, 0) is 9.53 Å². The zero-order valence-electron chi connectivity index (χ0n) is 10.2. The average molecular weight is 218 g/mol. The lowest BCUT2D eigenvalue weighted by atomic mass is 9.96. The lowest BCUT2D eigenvalue weighted by molar-refractivity contribution is -0.149. The third kappa shape index (κ3) is 4.15. The van der Waals surface area contributed by atoms with Crippen molar-refractivity contribution < 1.29 is 14.6 Å². The Labute approximate surface area is 91.4 Å². The predicted octanol–water partition coefficient (Wildman–Crippen LogP) is 0.0158. The molecule has 2 N–H and O–H groups in total. The van der Waals surface area contributed by atoms with Crippen LogP contribution >= 0.6 is 0 Å². The van der Waals surface area contributed by atoms with Crippen molar-refractivity contribution >= 4 is 5.97 Å². The van der Waals surface area contributed by atoms with E-state index in [2.05, 4.69) is 5.32 Å². The van der Waals surface area contributed by atoms with Gasteiger partial charge >= 0.3 is 5.97 Å². The molecule has 0 rings (SSSR count). The Morgan fingerprint density at radius 2 is 2.13 bits per heavy atom. The second kappa shape index (κ2) is 6.05. The van der Waals surface area contributed by atoms with Crippen LogP contribution in [0, 0.1) is 0 Å². The molecule has 0 fully saturated rings. The van der Waals surface area contributed by atoms with Crippen molar-refractivity contribution in [1.82, 2.24) is 10.2 Å². The van der Waals surface area contributed by atoms with Crippen LogP contribution < -0.4 is 5.32 Å². The van der Waals surface area contributed by atoms with Crippen LogP contribution in [0.15, 0.2) is 0 Å². The van der Waals surface area contributed by atoms with Crippen molar-refractivity contribution in [2.24, 2.45) is 0 Å². The quantitative estimate of drug-likeness (QED) is 0.630. The summed E-state index contributed by atoms with van der Waals surface area (Å²) in [6, 6.07) is 0. The summed E-state index contributed by atoms with van der Waals surface area (Å²) >= 11 is 0. The van der Waals surface area contributed by atoms with E-state index in [0.29, 0.717) is 6.54 Å². The molecular formula is C10H22N2O3. The molecule has 5 nitrogen and oxygen atoms in total. The lowest BCUT2D eigenvalue weighted by Gasteiger charge is -2.32. The molecule has 2 atom stereocenters. The Kier molecular flexibility index (Phi) is 5.79. The van der Waals surface area contributed by atoms with Gasteiger partial charge in [-0.05, 0) is 27.9 Å². The molecule has 0 aliphatic carbocycles. The van der Waals surface area contributed by atoms with Crippen LogP contribution in [0.1, 0.15) is 13.8 Å². The van der Waals surface area contributed by atoms with Gasteiger partial charge in [0.05, 0.1) is 6.10 Å². The van der Waals surface area contributed by atoms with Gasteiger partial charge in [-0.25, -0.2) is 0 Å². The number of methoxy groups -OCH3 is 1. The molecule has 0 radical (unpaired) electrons. The molecule has 0 amide bonds. The van der Waals surface area contributed by atoms with Gasteiger partial charge in [0, 0.05) is 20.2 Å². The molecule has 0 aliphatic rings. The van der Waals surface area contributed by atoms with Crippen molar-refractivity contribution in [3.63, 3.8) is 0 Å². The number of hydrogen-bond donors (Lipinski definition) is 2. The van der Waals surface area contributed by atoms with E-state index in [-0.39, 0.29) is 6.10 Å². The summed E-state index contributed by atoms with van der Waals surface area (Å²) in [6.45, 7) is 4.79. The third-order valence-corrected chi connectivity index (χ3v) is 2.66. The van der Waals surface area contributed by atoms with E-state index in [0.717, 1.165) is 6.54 Å². The summed E-state index contributed by atoms with van der Waals surface area (Å²) < 4.78 is 5.08. The Balaban J connectivity index is 4.33. The predicted molar refractivity (Wildman–Crippen MR) is 59.1 cm³/mol. The van der Waals surface area contributed by atoms with Gasteiger partial charge in [0.15, 0.2) is 0 Å². The Bertz CT molecular complexity index is 209.